The highest BCUT2D eigenvalue weighted by atomic mass is 32.2. The fourth-order valence-corrected chi connectivity index (χ4v) is 4.82. The lowest BCUT2D eigenvalue weighted by molar-refractivity contribution is 0.532. The van der Waals surface area contributed by atoms with Crippen molar-refractivity contribution in [2.75, 3.05) is 5.75 Å². The Kier molecular flexibility index (Phi) is 4.20. The molecule has 0 amide bonds. The van der Waals surface area contributed by atoms with E-state index in [1.807, 2.05) is 0 Å². The first kappa shape index (κ1) is 15.5. The largest absolute Gasteiger partial charge is 0.241 e. The number of nitrogens with one attached hydrogen (secondary N) is 1. The maximum absolute atomic E-state index is 13.8. The molecule has 0 saturated heterocycles. The van der Waals surface area contributed by atoms with Crippen LogP contribution in [0.1, 0.15) is 18.0 Å². The van der Waals surface area contributed by atoms with Crippen LogP contribution in [0, 0.1) is 11.6 Å². The molecule has 2 aromatic rings. The van der Waals surface area contributed by atoms with Crippen LogP contribution in [0.2, 0.25) is 0 Å². The maximum Gasteiger partial charge on any atom is 0.241 e. The molecule has 22 heavy (non-hydrogen) atoms. The van der Waals surface area contributed by atoms with Crippen molar-refractivity contribution in [1.82, 2.24) is 4.72 Å². The highest BCUT2D eigenvalue weighted by Gasteiger charge is 2.27. The van der Waals surface area contributed by atoms with Gasteiger partial charge >= 0.3 is 0 Å². The van der Waals surface area contributed by atoms with E-state index in [2.05, 4.69) is 4.72 Å². The van der Waals surface area contributed by atoms with Crippen molar-refractivity contribution in [1.29, 1.82) is 0 Å². The van der Waals surface area contributed by atoms with Crippen molar-refractivity contribution < 1.29 is 17.2 Å². The van der Waals surface area contributed by atoms with Gasteiger partial charge in [-0.1, -0.05) is 18.2 Å². The quantitative estimate of drug-likeness (QED) is 0.930. The smallest absolute Gasteiger partial charge is 0.207 e. The van der Waals surface area contributed by atoms with Gasteiger partial charge in [0.25, 0.3) is 0 Å². The second-order valence-electron chi connectivity index (χ2n) is 4.93. The number of rotatable bonds is 3. The van der Waals surface area contributed by atoms with Crippen LogP contribution in [0.3, 0.4) is 0 Å². The molecule has 0 bridgehead atoms. The van der Waals surface area contributed by atoms with Crippen molar-refractivity contribution in [3.8, 4) is 0 Å². The van der Waals surface area contributed by atoms with Crippen molar-refractivity contribution >= 4 is 21.8 Å². The molecule has 1 atom stereocenters. The van der Waals surface area contributed by atoms with Gasteiger partial charge in [-0.05, 0) is 42.0 Å². The average molecular weight is 341 g/mol. The summed E-state index contributed by atoms with van der Waals surface area (Å²) < 4.78 is 54.3. The van der Waals surface area contributed by atoms with Gasteiger partial charge in [-0.3, -0.25) is 0 Å². The number of fused-ring (bicyclic) bond motifs is 1. The lowest BCUT2D eigenvalue weighted by Crippen LogP contribution is -2.31. The Hall–Kier alpha value is -1.44. The third-order valence-corrected chi connectivity index (χ3v) is 6.06. The average Bonchev–Trinajstić information content (AvgIpc) is 2.48. The minimum atomic E-state index is -3.86. The molecule has 1 aliphatic heterocycles. The number of sulfonamides is 1. The molecule has 0 aromatic heterocycles. The molecule has 0 radical (unpaired) electrons. The topological polar surface area (TPSA) is 46.2 Å². The summed E-state index contributed by atoms with van der Waals surface area (Å²) in [5.41, 5.74) is 0.622. The van der Waals surface area contributed by atoms with Crippen molar-refractivity contribution in [3.05, 3.63) is 59.7 Å². The molecular weight excluding hydrogens is 328 g/mol. The second-order valence-corrected chi connectivity index (χ2v) is 7.75. The Labute approximate surface area is 131 Å². The monoisotopic (exact) mass is 341 g/mol. The van der Waals surface area contributed by atoms with E-state index >= 15 is 0 Å². The fourth-order valence-electron chi connectivity index (χ4n) is 2.40. The zero-order chi connectivity index (χ0) is 15.7. The van der Waals surface area contributed by atoms with Gasteiger partial charge in [-0.25, -0.2) is 21.9 Å². The zero-order valence-corrected chi connectivity index (χ0v) is 13.1. The van der Waals surface area contributed by atoms with Crippen LogP contribution in [-0.2, 0) is 10.0 Å². The molecule has 1 N–H and O–H groups in total. The lowest BCUT2D eigenvalue weighted by atomic mass is 10.0. The van der Waals surface area contributed by atoms with Gasteiger partial charge < -0.3 is 0 Å². The van der Waals surface area contributed by atoms with E-state index in [0.717, 1.165) is 6.07 Å². The Morgan fingerprint density at radius 2 is 1.91 bits per heavy atom. The standard InChI is InChI=1S/C15H13F2NO2S2/c16-10-3-1-4-11(9-10)22(19,20)18-14-7-8-21-15-12(14)5-2-6-13(15)17/h1-6,9,14,18H,7-8H2. The van der Waals surface area contributed by atoms with Gasteiger partial charge in [0.15, 0.2) is 0 Å². The Balaban J connectivity index is 1.93. The third kappa shape index (κ3) is 3.02. The molecule has 0 spiro atoms. The van der Waals surface area contributed by atoms with E-state index < -0.39 is 21.9 Å². The van der Waals surface area contributed by atoms with Crippen molar-refractivity contribution in [3.63, 3.8) is 0 Å². The summed E-state index contributed by atoms with van der Waals surface area (Å²) in [6.07, 6.45) is 0.551. The SMILES string of the molecule is O=S(=O)(NC1CCSc2c(F)cccc21)c1cccc(F)c1. The molecule has 0 aliphatic carbocycles. The van der Waals surface area contributed by atoms with E-state index in [4.69, 9.17) is 0 Å². The van der Waals surface area contributed by atoms with Gasteiger partial charge in [0.2, 0.25) is 10.0 Å². The summed E-state index contributed by atoms with van der Waals surface area (Å²) in [7, 11) is -3.86. The summed E-state index contributed by atoms with van der Waals surface area (Å²) in [4.78, 5) is 0.337. The number of halogens is 2. The van der Waals surface area contributed by atoms with E-state index in [1.165, 1.54) is 36.0 Å². The predicted molar refractivity (Wildman–Crippen MR) is 81.2 cm³/mol. The van der Waals surface area contributed by atoms with E-state index in [-0.39, 0.29) is 10.7 Å². The Bertz CT molecular complexity index is 809. The molecule has 1 aliphatic rings. The summed E-state index contributed by atoms with van der Waals surface area (Å²) in [5.74, 6) is -0.352. The Morgan fingerprint density at radius 3 is 2.68 bits per heavy atom. The molecule has 1 heterocycles. The molecule has 1 unspecified atom stereocenters. The summed E-state index contributed by atoms with van der Waals surface area (Å²) in [5, 5.41) is 0. The lowest BCUT2D eigenvalue weighted by Gasteiger charge is -2.26. The summed E-state index contributed by atoms with van der Waals surface area (Å²) >= 11 is 1.37. The van der Waals surface area contributed by atoms with Gasteiger partial charge in [-0.2, -0.15) is 0 Å². The van der Waals surface area contributed by atoms with Crippen LogP contribution in [0.5, 0.6) is 0 Å². The van der Waals surface area contributed by atoms with Crippen LogP contribution in [0.25, 0.3) is 0 Å². The van der Waals surface area contributed by atoms with Gasteiger partial charge in [0.1, 0.15) is 11.6 Å². The molecule has 116 valence electrons. The van der Waals surface area contributed by atoms with Crippen LogP contribution in [0.4, 0.5) is 8.78 Å². The van der Waals surface area contributed by atoms with Crippen LogP contribution >= 0.6 is 11.8 Å². The highest BCUT2D eigenvalue weighted by Crippen LogP contribution is 2.38. The van der Waals surface area contributed by atoms with Crippen molar-refractivity contribution in [2.45, 2.75) is 22.3 Å². The molecular formula is C15H13F2NO2S2. The van der Waals surface area contributed by atoms with Gasteiger partial charge in [-0.15, -0.1) is 11.8 Å². The first-order valence-corrected chi connectivity index (χ1v) is 9.13. The van der Waals surface area contributed by atoms with Crippen LogP contribution in [-0.4, -0.2) is 14.2 Å². The van der Waals surface area contributed by atoms with Crippen molar-refractivity contribution in [2.24, 2.45) is 0 Å². The number of benzene rings is 2. The molecule has 0 fully saturated rings. The minimum absolute atomic E-state index is 0.135. The molecule has 7 heteroatoms. The van der Waals surface area contributed by atoms with Gasteiger partial charge in [0, 0.05) is 10.9 Å². The number of hydrogen-bond acceptors (Lipinski definition) is 3. The predicted octanol–water partition coefficient (Wildman–Crippen LogP) is 3.48. The normalized spacial score (nSPS) is 18.0. The summed E-state index contributed by atoms with van der Waals surface area (Å²) in [6.45, 7) is 0. The van der Waals surface area contributed by atoms with E-state index in [0.29, 0.717) is 22.6 Å². The molecule has 3 rings (SSSR count). The molecule has 2 aromatic carbocycles. The van der Waals surface area contributed by atoms with Crippen LogP contribution in [0.15, 0.2) is 52.3 Å². The first-order chi connectivity index (χ1) is 10.5. The number of thioether (sulfide) groups is 1. The summed E-state index contributed by atoms with van der Waals surface area (Å²) in [6, 6.07) is 8.93. The van der Waals surface area contributed by atoms with E-state index in [1.54, 1.807) is 12.1 Å². The maximum atomic E-state index is 13.8. The zero-order valence-electron chi connectivity index (χ0n) is 11.4. The van der Waals surface area contributed by atoms with E-state index in [9.17, 15) is 17.2 Å². The van der Waals surface area contributed by atoms with Gasteiger partial charge in [0.05, 0.1) is 4.90 Å². The van der Waals surface area contributed by atoms with Crippen LogP contribution < -0.4 is 4.72 Å². The molecule has 3 nitrogen and oxygen atoms in total. The highest BCUT2D eigenvalue weighted by molar-refractivity contribution is 7.99. The third-order valence-electron chi connectivity index (χ3n) is 3.43. The molecule has 0 saturated carbocycles. The Morgan fingerprint density at radius 1 is 1.14 bits per heavy atom. The first-order valence-electron chi connectivity index (χ1n) is 6.66. The minimum Gasteiger partial charge on any atom is -0.207 e. The number of hydrogen-bond donors (Lipinski definition) is 1. The second kappa shape index (κ2) is 5.98. The fraction of sp³-hybridized carbons (Fsp3) is 0.200.